The third-order valence-corrected chi connectivity index (χ3v) is 9.67. The van der Waals surface area contributed by atoms with Gasteiger partial charge in [-0.05, 0) is 71.6 Å². The molecule has 3 heterocycles. The Kier molecular flexibility index (Phi) is 3.02. The molecule has 3 aromatic heterocycles. The van der Waals surface area contributed by atoms with Gasteiger partial charge in [-0.15, -0.1) is 0 Å². The van der Waals surface area contributed by atoms with Crippen LogP contribution in [0, 0.1) is 0 Å². The number of aromatic nitrogens is 3. The van der Waals surface area contributed by atoms with Gasteiger partial charge >= 0.3 is 0 Å². The number of rotatable bonds is 5. The van der Waals surface area contributed by atoms with E-state index in [9.17, 15) is 12.3 Å². The lowest BCUT2D eigenvalue weighted by molar-refractivity contribution is 1.16. The van der Waals surface area contributed by atoms with Gasteiger partial charge in [0.1, 0.15) is 0 Å². The lowest BCUT2D eigenvalue weighted by Crippen LogP contribution is -2.01. The highest BCUT2D eigenvalue weighted by Crippen LogP contribution is 2.43. The fraction of sp³-hybridized carbons (Fsp3) is 0. The summed E-state index contributed by atoms with van der Waals surface area (Å²) in [6, 6.07) is -22.3. The molecular formula is C54H35N3. The molecule has 0 aliphatic rings. The van der Waals surface area contributed by atoms with E-state index >= 15 is 0 Å². The van der Waals surface area contributed by atoms with E-state index < -0.39 is 287 Å². The van der Waals surface area contributed by atoms with Gasteiger partial charge in [0, 0.05) is 54.8 Å². The van der Waals surface area contributed by atoms with Crippen LogP contribution < -0.4 is 0 Å². The van der Waals surface area contributed by atoms with Crippen molar-refractivity contribution in [3.05, 3.63) is 212 Å². The number of para-hydroxylation sites is 5. The molecule has 9 aromatic carbocycles. The first-order chi connectivity index (χ1) is 41.2. The van der Waals surface area contributed by atoms with Gasteiger partial charge in [0.2, 0.25) is 0 Å². The highest BCUT2D eigenvalue weighted by Gasteiger charge is 2.21. The molecule has 0 bridgehead atoms. The predicted molar refractivity (Wildman–Crippen MR) is 240 cm³/mol. The predicted octanol–water partition coefficient (Wildman–Crippen LogP) is 14.3. The van der Waals surface area contributed by atoms with E-state index in [-0.39, 0.29) is 5.39 Å². The largest absolute Gasteiger partial charge is 0.309 e. The Hall–Kier alpha value is -7.62. The summed E-state index contributed by atoms with van der Waals surface area (Å²) in [7, 11) is 0. The van der Waals surface area contributed by atoms with Gasteiger partial charge < -0.3 is 13.7 Å². The van der Waals surface area contributed by atoms with Crippen LogP contribution in [0.2, 0.25) is 0 Å². The first-order valence-electron chi connectivity index (χ1n) is 32.6. The van der Waals surface area contributed by atoms with Gasteiger partial charge in [-0.25, -0.2) is 0 Å². The van der Waals surface area contributed by atoms with Crippen molar-refractivity contribution in [1.29, 1.82) is 0 Å². The first-order valence-corrected chi connectivity index (χ1v) is 17.1. The summed E-state index contributed by atoms with van der Waals surface area (Å²) in [5.74, 6) is 0. The summed E-state index contributed by atoms with van der Waals surface area (Å²) < 4.78 is 285. The zero-order valence-electron chi connectivity index (χ0n) is 59.7. The molecule has 0 saturated heterocycles. The molecule has 0 fully saturated rings. The Bertz CT molecular complexity index is 5120. The van der Waals surface area contributed by atoms with Crippen molar-refractivity contribution in [1.82, 2.24) is 13.7 Å². The van der Waals surface area contributed by atoms with Gasteiger partial charge in [0.15, 0.2) is 0 Å². The molecule has 0 atom stereocenters. The van der Waals surface area contributed by atoms with E-state index in [0.717, 1.165) is 19.8 Å². The minimum absolute atomic E-state index is 0.389. The minimum Gasteiger partial charge on any atom is -0.309 e. The van der Waals surface area contributed by atoms with Crippen molar-refractivity contribution in [3.8, 4) is 39.3 Å². The molecule has 0 aliphatic carbocycles. The van der Waals surface area contributed by atoms with Crippen LogP contribution in [0.3, 0.4) is 0 Å². The molecule has 0 radical (unpaired) electrons. The normalized spacial score (nSPS) is 19.5. The fourth-order valence-electron chi connectivity index (χ4n) is 7.38. The number of hydrogen-bond donors (Lipinski definition) is 0. The van der Waals surface area contributed by atoms with Crippen LogP contribution in [-0.2, 0) is 0 Å². The van der Waals surface area contributed by atoms with Crippen molar-refractivity contribution >= 4 is 65.4 Å². The molecule has 0 saturated carbocycles. The van der Waals surface area contributed by atoms with Crippen LogP contribution in [0.15, 0.2) is 212 Å². The Morgan fingerprint density at radius 2 is 0.702 bits per heavy atom. The van der Waals surface area contributed by atoms with Gasteiger partial charge in [-0.2, -0.15) is 0 Å². The van der Waals surface area contributed by atoms with Gasteiger partial charge in [-0.3, -0.25) is 0 Å². The van der Waals surface area contributed by atoms with Crippen molar-refractivity contribution in [2.45, 2.75) is 0 Å². The maximum Gasteiger partial charge on any atom is 0.0652 e. The van der Waals surface area contributed by atoms with E-state index in [4.69, 9.17) is 30.2 Å². The number of benzene rings is 9. The average Bonchev–Trinajstić information content (AvgIpc) is 1.53. The summed E-state index contributed by atoms with van der Waals surface area (Å²) in [4.78, 5) is 0. The van der Waals surface area contributed by atoms with Crippen molar-refractivity contribution in [2.24, 2.45) is 0 Å². The monoisotopic (exact) mass is 756 g/mol. The smallest absolute Gasteiger partial charge is 0.0652 e. The fourth-order valence-corrected chi connectivity index (χ4v) is 7.38. The van der Waals surface area contributed by atoms with Gasteiger partial charge in [0.25, 0.3) is 0 Å². The Labute approximate surface area is 373 Å². The van der Waals surface area contributed by atoms with Crippen LogP contribution in [0.5, 0.6) is 0 Å². The molecule has 0 unspecified atom stereocenters. The lowest BCUT2D eigenvalue weighted by Gasteiger charge is -2.19. The summed E-state index contributed by atoms with van der Waals surface area (Å²) in [6.07, 6.45) is 0. The van der Waals surface area contributed by atoms with Crippen molar-refractivity contribution < 1.29 is 42.5 Å². The van der Waals surface area contributed by atoms with E-state index in [2.05, 4.69) is 0 Å². The van der Waals surface area contributed by atoms with E-state index in [1.807, 2.05) is 0 Å². The SMILES string of the molecule is [2H]c1c([2H])c([2H])c(-c2cccc(-c3c([2H])c([2H])c([2H])c([2H])c3[2H])c2-n2c3c([2H])c([2H])c([2H])c([2H])c3c3c([2H])c(-n4c5c([2H])c([2H])c(-n6c7c([2H])c([2H])c([2H])c([2H])c7c7c([2H])c([2H])c([2H])c([2H])c76)cc5c5c([2H])c([2H])c([2H])c([2H])c54)c([2H])c([2H])c32)c([2H])c1[2H]. The zero-order valence-corrected chi connectivity index (χ0v) is 28.7. The third kappa shape index (κ3) is 4.73. The minimum atomic E-state index is -1.06. The van der Waals surface area contributed by atoms with E-state index in [1.54, 1.807) is 0 Å². The maximum atomic E-state index is 10.3. The quantitative estimate of drug-likeness (QED) is 0.166. The van der Waals surface area contributed by atoms with Crippen molar-refractivity contribution in [3.63, 3.8) is 0 Å². The summed E-state index contributed by atoms with van der Waals surface area (Å²) in [5.41, 5.74) is -7.40. The van der Waals surface area contributed by atoms with Crippen LogP contribution in [-0.4, -0.2) is 13.7 Å². The molecule has 12 aromatic rings. The second kappa shape index (κ2) is 12.5. The van der Waals surface area contributed by atoms with E-state index in [1.165, 1.54) is 18.2 Å². The van der Waals surface area contributed by atoms with E-state index in [0.29, 0.717) is 0 Å². The molecule has 0 aliphatic heterocycles. The molecule has 12 rings (SSSR count). The lowest BCUT2D eigenvalue weighted by atomic mass is 9.95. The summed E-state index contributed by atoms with van der Waals surface area (Å²) >= 11 is 0. The topological polar surface area (TPSA) is 14.8 Å². The molecular weight excluding hydrogens is 691 g/mol. The molecule has 0 amide bonds. The molecule has 0 spiro atoms. The van der Waals surface area contributed by atoms with Crippen LogP contribution in [0.4, 0.5) is 0 Å². The Morgan fingerprint density at radius 1 is 0.316 bits per heavy atom. The summed E-state index contributed by atoms with van der Waals surface area (Å²) in [5, 5.41) is -2.94. The highest BCUT2D eigenvalue weighted by molar-refractivity contribution is 6.14. The van der Waals surface area contributed by atoms with Gasteiger partial charge in [-0.1, -0.05) is 151 Å². The zero-order chi connectivity index (χ0) is 64.4. The second-order valence-corrected chi connectivity index (χ2v) is 12.6. The van der Waals surface area contributed by atoms with Crippen molar-refractivity contribution in [2.75, 3.05) is 0 Å². The van der Waals surface area contributed by atoms with Crippen LogP contribution in [0.25, 0.3) is 105 Å². The maximum absolute atomic E-state index is 10.3. The Balaban J connectivity index is 1.32. The van der Waals surface area contributed by atoms with Gasteiger partial charge in [0.05, 0.1) is 81.3 Å². The first kappa shape index (κ1) is 13.8. The Morgan fingerprint density at radius 3 is 1.25 bits per heavy atom. The number of fused-ring (bicyclic) bond motifs is 9. The standard InChI is InChI=1S/C54H35N3/c1-3-16-36(17-4-1)40-24-15-25-41(37-18-5-2-6-19-37)54(40)57-51-29-14-10-23-45(51)47-35-39(31-33-53(47)57)56-50-28-13-9-22-44(50)46-34-38(30-32-52(46)56)55-48-26-11-7-20-42(48)43-21-8-12-27-49(43)55/h1-35H/i1D,2D,3D,4D,5D,6D,7D,8D,9D,10D,11D,12D,13D,14D,16D,17D,18D,19D,20D,21D,22D,23D,26D,27D,28D,29D,30D,31D,32D,33D,35D. The average molecular weight is 757 g/mol. The van der Waals surface area contributed by atoms with Crippen LogP contribution >= 0.6 is 0 Å². The second-order valence-electron chi connectivity index (χ2n) is 12.6. The molecule has 57 heavy (non-hydrogen) atoms. The molecule has 266 valence electrons. The third-order valence-electron chi connectivity index (χ3n) is 9.67. The van der Waals surface area contributed by atoms with Crippen LogP contribution in [0.1, 0.15) is 42.5 Å². The molecule has 0 N–H and O–H groups in total. The molecule has 3 heteroatoms. The molecule has 3 nitrogen and oxygen atoms in total. The highest BCUT2D eigenvalue weighted by atomic mass is 15.0. The summed E-state index contributed by atoms with van der Waals surface area (Å²) in [6.45, 7) is 0. The number of hydrogen-bond acceptors (Lipinski definition) is 0. The number of nitrogens with zero attached hydrogens (tertiary/aromatic N) is 3.